The van der Waals surface area contributed by atoms with Crippen LogP contribution in [0.1, 0.15) is 36.9 Å². The van der Waals surface area contributed by atoms with Crippen molar-refractivity contribution in [3.05, 3.63) is 35.7 Å². The van der Waals surface area contributed by atoms with E-state index in [0.717, 1.165) is 61.8 Å². The molecule has 0 aliphatic carbocycles. The lowest BCUT2D eigenvalue weighted by atomic mass is 9.94. The lowest BCUT2D eigenvalue weighted by Gasteiger charge is -2.36. The number of carbonyl (C=O) groups is 1. The fourth-order valence-electron chi connectivity index (χ4n) is 5.06. The first-order chi connectivity index (χ1) is 14.7. The molecule has 0 saturated carbocycles. The predicted octanol–water partition coefficient (Wildman–Crippen LogP) is 2.08. The monoisotopic (exact) mass is 411 g/mol. The van der Waals surface area contributed by atoms with Crippen LogP contribution in [0.2, 0.25) is 0 Å². The molecule has 160 valence electrons. The maximum absolute atomic E-state index is 13.0. The Morgan fingerprint density at radius 3 is 3.03 bits per heavy atom. The zero-order valence-corrected chi connectivity index (χ0v) is 17.5. The second-order valence-corrected chi connectivity index (χ2v) is 8.65. The van der Waals surface area contributed by atoms with Crippen LogP contribution in [0.5, 0.6) is 11.5 Å². The van der Waals surface area contributed by atoms with Crippen molar-refractivity contribution in [1.82, 2.24) is 24.8 Å². The highest BCUT2D eigenvalue weighted by Gasteiger charge is 2.37. The summed E-state index contributed by atoms with van der Waals surface area (Å²) in [5, 5.41) is 8.41. The Balaban J connectivity index is 1.48. The van der Waals surface area contributed by atoms with Crippen LogP contribution in [0.4, 0.5) is 0 Å². The molecule has 0 N–H and O–H groups in total. The van der Waals surface area contributed by atoms with E-state index in [1.807, 2.05) is 18.3 Å². The molecule has 3 atom stereocenters. The van der Waals surface area contributed by atoms with Crippen molar-refractivity contribution in [1.29, 1.82) is 0 Å². The van der Waals surface area contributed by atoms with Crippen LogP contribution in [0.15, 0.2) is 24.4 Å². The summed E-state index contributed by atoms with van der Waals surface area (Å²) >= 11 is 0. The molecule has 30 heavy (non-hydrogen) atoms. The first-order valence-electron chi connectivity index (χ1n) is 10.9. The van der Waals surface area contributed by atoms with E-state index in [0.29, 0.717) is 31.5 Å². The van der Waals surface area contributed by atoms with Gasteiger partial charge in [0.25, 0.3) is 0 Å². The largest absolute Gasteiger partial charge is 0.493 e. The molecule has 8 nitrogen and oxygen atoms in total. The smallest absolute Gasteiger partial charge is 0.222 e. The van der Waals surface area contributed by atoms with Gasteiger partial charge in [-0.3, -0.25) is 14.4 Å². The number of piperidine rings is 1. The van der Waals surface area contributed by atoms with Gasteiger partial charge in [-0.2, -0.15) is 0 Å². The Morgan fingerprint density at radius 1 is 1.20 bits per heavy atom. The van der Waals surface area contributed by atoms with Gasteiger partial charge in [0.1, 0.15) is 12.3 Å². The number of hydrogen-bond donors (Lipinski definition) is 0. The summed E-state index contributed by atoms with van der Waals surface area (Å²) in [6, 6.07) is 6.35. The summed E-state index contributed by atoms with van der Waals surface area (Å²) in [5.41, 5.74) is 1.87. The molecule has 4 aliphatic rings. The summed E-state index contributed by atoms with van der Waals surface area (Å²) in [6.07, 6.45) is 5.54. The van der Waals surface area contributed by atoms with Crippen LogP contribution in [-0.4, -0.2) is 63.5 Å². The lowest BCUT2D eigenvalue weighted by molar-refractivity contribution is -0.135. The van der Waals surface area contributed by atoms with Crippen molar-refractivity contribution < 1.29 is 14.3 Å². The number of nitrogens with zero attached hydrogens (tertiary/aromatic N) is 5. The van der Waals surface area contributed by atoms with E-state index in [9.17, 15) is 4.79 Å². The highest BCUT2D eigenvalue weighted by molar-refractivity contribution is 5.76. The van der Waals surface area contributed by atoms with Crippen molar-refractivity contribution in [2.75, 3.05) is 26.7 Å². The number of ether oxygens (including phenoxy) is 2. The van der Waals surface area contributed by atoms with E-state index in [1.165, 1.54) is 6.42 Å². The molecular weight excluding hydrogens is 382 g/mol. The molecule has 1 amide bonds. The Labute approximate surface area is 176 Å². The van der Waals surface area contributed by atoms with Crippen LogP contribution in [0.3, 0.4) is 0 Å². The fourth-order valence-corrected chi connectivity index (χ4v) is 5.06. The standard InChI is InChI=1S/C22H29N5O3/c1-29-20-5-2-4-17-12-25-10-16-7-8-19(14-25)27(11-16)21(28)6-3-9-26-13-18(23-24-26)15-30-22(17)20/h2,4-5,13,16,19H,3,6-12,14-15H2,1H3/t16-,19+/m1/s1. The Morgan fingerprint density at radius 2 is 2.13 bits per heavy atom. The van der Waals surface area contributed by atoms with Gasteiger partial charge in [-0.05, 0) is 31.2 Å². The van der Waals surface area contributed by atoms with E-state index in [-0.39, 0.29) is 5.91 Å². The van der Waals surface area contributed by atoms with Crippen LogP contribution >= 0.6 is 0 Å². The number of methoxy groups -OCH3 is 1. The maximum atomic E-state index is 13.0. The van der Waals surface area contributed by atoms with Crippen molar-refractivity contribution in [3.63, 3.8) is 0 Å². The van der Waals surface area contributed by atoms with Gasteiger partial charge in [0.05, 0.1) is 13.3 Å². The molecule has 0 spiro atoms. The summed E-state index contributed by atoms with van der Waals surface area (Å²) in [6.45, 7) is 4.63. The third kappa shape index (κ3) is 3.88. The third-order valence-electron chi connectivity index (χ3n) is 6.51. The Hall–Kier alpha value is -2.61. The van der Waals surface area contributed by atoms with E-state index in [2.05, 4.69) is 26.2 Å². The predicted molar refractivity (Wildman–Crippen MR) is 110 cm³/mol. The molecular formula is C22H29N5O3. The molecule has 2 aromatic rings. The van der Waals surface area contributed by atoms with Crippen molar-refractivity contribution in [3.8, 4) is 11.5 Å². The summed E-state index contributed by atoms with van der Waals surface area (Å²) < 4.78 is 13.6. The van der Waals surface area contributed by atoms with Gasteiger partial charge < -0.3 is 14.4 Å². The van der Waals surface area contributed by atoms with E-state index in [1.54, 1.807) is 11.8 Å². The number of benzene rings is 1. The molecule has 3 fully saturated rings. The Bertz CT molecular complexity index is 914. The number of fused-ring (bicyclic) bond motifs is 4. The molecule has 1 unspecified atom stereocenters. The fraction of sp³-hybridized carbons (Fsp3) is 0.591. The van der Waals surface area contributed by atoms with Gasteiger partial charge in [-0.15, -0.1) is 5.10 Å². The average molecular weight is 412 g/mol. The number of aryl methyl sites for hydroxylation is 1. The number of amides is 1. The van der Waals surface area contributed by atoms with E-state index in [4.69, 9.17) is 9.47 Å². The number of rotatable bonds is 1. The van der Waals surface area contributed by atoms with Gasteiger partial charge in [-0.25, -0.2) is 0 Å². The zero-order valence-electron chi connectivity index (χ0n) is 17.5. The highest BCUT2D eigenvalue weighted by Crippen LogP contribution is 2.35. The number of aromatic nitrogens is 3. The van der Waals surface area contributed by atoms with Crippen LogP contribution < -0.4 is 9.47 Å². The summed E-state index contributed by atoms with van der Waals surface area (Å²) in [7, 11) is 1.67. The number of hydrogen-bond acceptors (Lipinski definition) is 6. The van der Waals surface area contributed by atoms with Crippen LogP contribution in [-0.2, 0) is 24.5 Å². The molecule has 5 heterocycles. The third-order valence-corrected chi connectivity index (χ3v) is 6.51. The van der Waals surface area contributed by atoms with Gasteiger partial charge in [0.2, 0.25) is 5.91 Å². The summed E-state index contributed by atoms with van der Waals surface area (Å²) in [4.78, 5) is 17.6. The molecule has 1 aromatic heterocycles. The topological polar surface area (TPSA) is 72.7 Å². The number of carbonyl (C=O) groups excluding carboxylic acids is 1. The van der Waals surface area contributed by atoms with Crippen LogP contribution in [0.25, 0.3) is 0 Å². The molecule has 1 aromatic carbocycles. The lowest BCUT2D eigenvalue weighted by Crippen LogP contribution is -2.47. The van der Waals surface area contributed by atoms with Crippen LogP contribution in [0, 0.1) is 5.92 Å². The SMILES string of the molecule is COc1cccc2c1OCc1cn(nn1)CCCC(=O)N1C[C@@H]3CC[C@H]1CN(C2)C3. The van der Waals surface area contributed by atoms with E-state index >= 15 is 0 Å². The normalized spacial score (nSPS) is 26.8. The first-order valence-corrected chi connectivity index (χ1v) is 10.9. The summed E-state index contributed by atoms with van der Waals surface area (Å²) in [5.74, 6) is 2.32. The molecule has 6 bridgehead atoms. The minimum Gasteiger partial charge on any atom is -0.493 e. The minimum absolute atomic E-state index is 0.282. The van der Waals surface area contributed by atoms with Gasteiger partial charge in [0, 0.05) is 50.7 Å². The minimum atomic E-state index is 0.282. The second kappa shape index (κ2) is 8.26. The molecule has 4 aliphatic heterocycles. The highest BCUT2D eigenvalue weighted by atomic mass is 16.5. The number of para-hydroxylation sites is 1. The van der Waals surface area contributed by atoms with Crippen molar-refractivity contribution in [2.24, 2.45) is 5.92 Å². The second-order valence-electron chi connectivity index (χ2n) is 8.65. The van der Waals surface area contributed by atoms with Gasteiger partial charge in [0.15, 0.2) is 11.5 Å². The zero-order chi connectivity index (χ0) is 20.5. The first kappa shape index (κ1) is 19.4. The molecule has 8 heteroatoms. The van der Waals surface area contributed by atoms with Crippen molar-refractivity contribution in [2.45, 2.75) is 51.4 Å². The van der Waals surface area contributed by atoms with E-state index < -0.39 is 0 Å². The van der Waals surface area contributed by atoms with Gasteiger partial charge in [-0.1, -0.05) is 17.3 Å². The molecule has 0 radical (unpaired) electrons. The van der Waals surface area contributed by atoms with Gasteiger partial charge >= 0.3 is 0 Å². The average Bonchev–Trinajstić information content (AvgIpc) is 3.02. The Kier molecular flexibility index (Phi) is 5.33. The maximum Gasteiger partial charge on any atom is 0.222 e. The molecule has 3 saturated heterocycles. The molecule has 6 rings (SSSR count). The quantitative estimate of drug-likeness (QED) is 0.716. The van der Waals surface area contributed by atoms with Crippen molar-refractivity contribution >= 4 is 5.91 Å².